The maximum atomic E-state index is 12.6. The molecule has 5 heteroatoms. The second-order valence-electron chi connectivity index (χ2n) is 5.65. The summed E-state index contributed by atoms with van der Waals surface area (Å²) in [5, 5.41) is 9.49. The van der Waals surface area contributed by atoms with Crippen molar-refractivity contribution in [1.29, 1.82) is 5.26 Å². The predicted octanol–water partition coefficient (Wildman–Crippen LogP) is 1.15. The molecule has 0 bridgehead atoms. The molecule has 0 aromatic heterocycles. The molecule has 5 nitrogen and oxygen atoms in total. The standard InChI is InChI=1S/C14H21N3O2/c1-16-8-9-17(10-12(16)18)13(19)14(11-15)6-4-2-3-5-7-14/h2-10H2,1H3. The quantitative estimate of drug-likeness (QED) is 0.667. The van der Waals surface area contributed by atoms with Crippen molar-refractivity contribution < 1.29 is 9.59 Å². The summed E-state index contributed by atoms with van der Waals surface area (Å²) in [7, 11) is 1.75. The molecule has 1 aliphatic heterocycles. The molecule has 1 saturated carbocycles. The summed E-state index contributed by atoms with van der Waals surface area (Å²) >= 11 is 0. The van der Waals surface area contributed by atoms with Crippen molar-refractivity contribution in [2.45, 2.75) is 38.5 Å². The molecule has 1 heterocycles. The maximum Gasteiger partial charge on any atom is 0.243 e. The molecule has 1 aliphatic carbocycles. The lowest BCUT2D eigenvalue weighted by Gasteiger charge is -2.36. The van der Waals surface area contributed by atoms with Gasteiger partial charge in [-0.2, -0.15) is 5.26 Å². The Balaban J connectivity index is 2.12. The Morgan fingerprint density at radius 1 is 1.21 bits per heavy atom. The zero-order valence-electron chi connectivity index (χ0n) is 11.5. The van der Waals surface area contributed by atoms with Gasteiger partial charge in [-0.05, 0) is 12.8 Å². The van der Waals surface area contributed by atoms with Gasteiger partial charge in [0.25, 0.3) is 0 Å². The van der Waals surface area contributed by atoms with Gasteiger partial charge >= 0.3 is 0 Å². The molecule has 0 spiro atoms. The zero-order chi connectivity index (χ0) is 13.9. The molecule has 0 N–H and O–H groups in total. The first-order chi connectivity index (χ1) is 9.09. The summed E-state index contributed by atoms with van der Waals surface area (Å²) < 4.78 is 0. The van der Waals surface area contributed by atoms with Gasteiger partial charge in [0.15, 0.2) is 0 Å². The van der Waals surface area contributed by atoms with Gasteiger partial charge in [-0.3, -0.25) is 9.59 Å². The first-order valence-corrected chi connectivity index (χ1v) is 7.04. The Hall–Kier alpha value is -1.57. The molecule has 2 amide bonds. The van der Waals surface area contributed by atoms with Crippen LogP contribution in [0.4, 0.5) is 0 Å². The van der Waals surface area contributed by atoms with Crippen molar-refractivity contribution in [3.05, 3.63) is 0 Å². The third-order valence-corrected chi connectivity index (χ3v) is 4.32. The molecular formula is C14H21N3O2. The van der Waals surface area contributed by atoms with Gasteiger partial charge in [-0.1, -0.05) is 25.7 Å². The molecule has 1 saturated heterocycles. The van der Waals surface area contributed by atoms with Gasteiger partial charge in [0.05, 0.1) is 12.6 Å². The van der Waals surface area contributed by atoms with E-state index in [1.807, 2.05) is 0 Å². The molecule has 19 heavy (non-hydrogen) atoms. The van der Waals surface area contributed by atoms with Gasteiger partial charge in [0, 0.05) is 20.1 Å². The molecule has 0 aromatic carbocycles. The molecular weight excluding hydrogens is 242 g/mol. The first kappa shape index (κ1) is 13.9. The van der Waals surface area contributed by atoms with Crippen molar-refractivity contribution in [1.82, 2.24) is 9.80 Å². The van der Waals surface area contributed by atoms with Crippen LogP contribution in [-0.4, -0.2) is 48.3 Å². The average Bonchev–Trinajstić information content (AvgIpc) is 2.67. The van der Waals surface area contributed by atoms with E-state index in [-0.39, 0.29) is 18.4 Å². The summed E-state index contributed by atoms with van der Waals surface area (Å²) in [5.41, 5.74) is -0.882. The van der Waals surface area contributed by atoms with Gasteiger partial charge in [-0.25, -0.2) is 0 Å². The van der Waals surface area contributed by atoms with E-state index in [0.29, 0.717) is 25.9 Å². The fourth-order valence-electron chi connectivity index (χ4n) is 2.94. The van der Waals surface area contributed by atoms with Crippen molar-refractivity contribution in [2.24, 2.45) is 5.41 Å². The van der Waals surface area contributed by atoms with Crippen molar-refractivity contribution in [3.8, 4) is 6.07 Å². The molecule has 0 aromatic rings. The lowest BCUT2D eigenvalue weighted by Crippen LogP contribution is -2.54. The first-order valence-electron chi connectivity index (χ1n) is 7.04. The summed E-state index contributed by atoms with van der Waals surface area (Å²) in [5.74, 6) is -0.167. The predicted molar refractivity (Wildman–Crippen MR) is 70.0 cm³/mol. The van der Waals surface area contributed by atoms with Crippen LogP contribution in [0.2, 0.25) is 0 Å². The van der Waals surface area contributed by atoms with Crippen LogP contribution in [-0.2, 0) is 9.59 Å². The maximum absolute atomic E-state index is 12.6. The summed E-state index contributed by atoms with van der Waals surface area (Å²) in [6.45, 7) is 1.23. The summed E-state index contributed by atoms with van der Waals surface area (Å²) in [6.07, 6.45) is 5.34. The van der Waals surface area contributed by atoms with E-state index in [1.54, 1.807) is 16.8 Å². The number of nitriles is 1. The molecule has 0 radical (unpaired) electrons. The minimum atomic E-state index is -0.882. The zero-order valence-corrected chi connectivity index (χ0v) is 11.5. The van der Waals surface area contributed by atoms with Gasteiger partial charge in [0.2, 0.25) is 11.8 Å². The van der Waals surface area contributed by atoms with E-state index in [0.717, 1.165) is 25.7 Å². The van der Waals surface area contributed by atoms with Crippen LogP contribution in [0.15, 0.2) is 0 Å². The van der Waals surface area contributed by atoms with Crippen LogP contribution < -0.4 is 0 Å². The lowest BCUT2D eigenvalue weighted by molar-refractivity contribution is -0.149. The fraction of sp³-hybridized carbons (Fsp3) is 0.786. The highest BCUT2D eigenvalue weighted by Crippen LogP contribution is 2.36. The number of carbonyl (C=O) groups excluding carboxylic acids is 2. The van der Waals surface area contributed by atoms with Crippen LogP contribution in [0.25, 0.3) is 0 Å². The number of rotatable bonds is 1. The second kappa shape index (κ2) is 5.60. The third-order valence-electron chi connectivity index (χ3n) is 4.32. The summed E-state index contributed by atoms with van der Waals surface area (Å²) in [4.78, 5) is 27.6. The minimum absolute atomic E-state index is 0.0405. The Bertz CT molecular complexity index is 405. The number of amides is 2. The van der Waals surface area contributed by atoms with Crippen molar-refractivity contribution >= 4 is 11.8 Å². The lowest BCUT2D eigenvalue weighted by atomic mass is 9.80. The van der Waals surface area contributed by atoms with Crippen molar-refractivity contribution in [2.75, 3.05) is 26.7 Å². The number of piperazine rings is 1. The van der Waals surface area contributed by atoms with Crippen LogP contribution >= 0.6 is 0 Å². The molecule has 2 rings (SSSR count). The highest BCUT2D eigenvalue weighted by molar-refractivity contribution is 5.90. The van der Waals surface area contributed by atoms with E-state index in [9.17, 15) is 14.9 Å². The van der Waals surface area contributed by atoms with Crippen molar-refractivity contribution in [3.63, 3.8) is 0 Å². The minimum Gasteiger partial charge on any atom is -0.342 e. The fourth-order valence-corrected chi connectivity index (χ4v) is 2.94. The molecule has 2 aliphatic rings. The third kappa shape index (κ3) is 2.73. The molecule has 104 valence electrons. The number of hydrogen-bond acceptors (Lipinski definition) is 3. The Labute approximate surface area is 114 Å². The monoisotopic (exact) mass is 263 g/mol. The number of nitrogens with zero attached hydrogens (tertiary/aromatic N) is 3. The normalized spacial score (nSPS) is 23.7. The van der Waals surface area contributed by atoms with E-state index < -0.39 is 5.41 Å². The van der Waals surface area contributed by atoms with E-state index in [4.69, 9.17) is 0 Å². The van der Waals surface area contributed by atoms with Gasteiger partial charge in [-0.15, -0.1) is 0 Å². The smallest absolute Gasteiger partial charge is 0.243 e. The number of likely N-dealkylation sites (N-methyl/N-ethyl adjacent to an activating group) is 1. The van der Waals surface area contributed by atoms with E-state index in [2.05, 4.69) is 6.07 Å². The highest BCUT2D eigenvalue weighted by atomic mass is 16.2. The Morgan fingerprint density at radius 2 is 1.84 bits per heavy atom. The molecule has 0 atom stereocenters. The van der Waals surface area contributed by atoms with Gasteiger partial charge < -0.3 is 9.80 Å². The van der Waals surface area contributed by atoms with Crippen LogP contribution in [0.5, 0.6) is 0 Å². The van der Waals surface area contributed by atoms with Gasteiger partial charge in [0.1, 0.15) is 5.41 Å². The average molecular weight is 263 g/mol. The Morgan fingerprint density at radius 3 is 2.37 bits per heavy atom. The van der Waals surface area contributed by atoms with Crippen LogP contribution in [0, 0.1) is 16.7 Å². The van der Waals surface area contributed by atoms with E-state index in [1.165, 1.54) is 0 Å². The number of hydrogen-bond donors (Lipinski definition) is 0. The second-order valence-corrected chi connectivity index (χ2v) is 5.65. The largest absolute Gasteiger partial charge is 0.342 e. The molecule has 0 unspecified atom stereocenters. The Kier molecular flexibility index (Phi) is 4.08. The topological polar surface area (TPSA) is 64.4 Å². The number of carbonyl (C=O) groups is 2. The van der Waals surface area contributed by atoms with E-state index >= 15 is 0 Å². The van der Waals surface area contributed by atoms with Crippen LogP contribution in [0.3, 0.4) is 0 Å². The highest BCUT2D eigenvalue weighted by Gasteiger charge is 2.43. The SMILES string of the molecule is CN1CCN(C(=O)C2(C#N)CCCCCC2)CC1=O. The van der Waals surface area contributed by atoms with Crippen LogP contribution in [0.1, 0.15) is 38.5 Å². The summed E-state index contributed by atoms with van der Waals surface area (Å²) in [6, 6.07) is 2.26. The molecule has 2 fully saturated rings.